The SMILES string of the molecule is c1ccc(-c2ccc(N(c3ccc(-c4ccccc4)cc3)c3cc4c(oc5cccc(-c6cccc(-n7c8ccccc8c8ccccc87)c6)c54)c4ccccc34)cc2)cc1. The summed E-state index contributed by atoms with van der Waals surface area (Å²) in [5.74, 6) is 0. The summed E-state index contributed by atoms with van der Waals surface area (Å²) in [5.41, 5.74) is 15.5. The van der Waals surface area contributed by atoms with E-state index in [0.717, 1.165) is 66.6 Å². The second-order valence-electron chi connectivity index (χ2n) is 15.7. The third kappa shape index (κ3) is 5.82. The minimum Gasteiger partial charge on any atom is -0.455 e. The molecule has 0 saturated heterocycles. The lowest BCUT2D eigenvalue weighted by molar-refractivity contribution is 0.673. The lowest BCUT2D eigenvalue weighted by Gasteiger charge is -2.27. The Hall–Kier alpha value is -8.14. The molecule has 0 aliphatic carbocycles. The number of benzene rings is 10. The first kappa shape index (κ1) is 34.9. The number of aromatic nitrogens is 1. The monoisotopic (exact) mass is 778 g/mol. The molecule has 0 saturated carbocycles. The molecule has 10 aromatic carbocycles. The van der Waals surface area contributed by atoms with Gasteiger partial charge in [-0.3, -0.25) is 0 Å². The summed E-state index contributed by atoms with van der Waals surface area (Å²) in [6.45, 7) is 0. The number of hydrogen-bond donors (Lipinski definition) is 0. The van der Waals surface area contributed by atoms with E-state index in [0.29, 0.717) is 0 Å². The molecule has 0 bridgehead atoms. The van der Waals surface area contributed by atoms with E-state index in [1.807, 2.05) is 0 Å². The van der Waals surface area contributed by atoms with Gasteiger partial charge in [0.05, 0.1) is 16.7 Å². The Bertz CT molecular complexity index is 3430. The molecule has 61 heavy (non-hydrogen) atoms. The number of para-hydroxylation sites is 2. The molecule has 286 valence electrons. The van der Waals surface area contributed by atoms with Gasteiger partial charge in [-0.25, -0.2) is 0 Å². The number of nitrogens with zero attached hydrogens (tertiary/aromatic N) is 2. The van der Waals surface area contributed by atoms with E-state index in [1.165, 1.54) is 44.1 Å². The molecule has 0 fully saturated rings. The Morgan fingerprint density at radius 1 is 0.344 bits per heavy atom. The summed E-state index contributed by atoms with van der Waals surface area (Å²) in [7, 11) is 0. The molecule has 0 aliphatic rings. The average molecular weight is 779 g/mol. The average Bonchev–Trinajstić information content (AvgIpc) is 3.89. The van der Waals surface area contributed by atoms with Crippen LogP contribution >= 0.6 is 0 Å². The zero-order valence-electron chi connectivity index (χ0n) is 33.2. The predicted octanol–water partition coefficient (Wildman–Crippen LogP) is 16.3. The fraction of sp³-hybridized carbons (Fsp3) is 0. The van der Waals surface area contributed by atoms with Gasteiger partial charge < -0.3 is 13.9 Å². The van der Waals surface area contributed by atoms with Crippen molar-refractivity contribution in [3.05, 3.63) is 231 Å². The largest absolute Gasteiger partial charge is 0.455 e. The van der Waals surface area contributed by atoms with Crippen LogP contribution in [0.4, 0.5) is 17.1 Å². The molecule has 12 rings (SSSR count). The van der Waals surface area contributed by atoms with Gasteiger partial charge in [0.25, 0.3) is 0 Å². The number of fused-ring (bicyclic) bond motifs is 8. The summed E-state index contributed by atoms with van der Waals surface area (Å²) in [5, 5.41) is 6.86. The van der Waals surface area contributed by atoms with Crippen LogP contribution in [0.3, 0.4) is 0 Å². The van der Waals surface area contributed by atoms with E-state index in [2.05, 4.69) is 240 Å². The van der Waals surface area contributed by atoms with Crippen LogP contribution in [0.15, 0.2) is 235 Å². The second kappa shape index (κ2) is 14.3. The molecule has 0 aliphatic heterocycles. The molecule has 0 amide bonds. The predicted molar refractivity (Wildman–Crippen MR) is 257 cm³/mol. The van der Waals surface area contributed by atoms with E-state index in [9.17, 15) is 0 Å². The Morgan fingerprint density at radius 3 is 1.44 bits per heavy atom. The van der Waals surface area contributed by atoms with Gasteiger partial charge in [0.2, 0.25) is 0 Å². The van der Waals surface area contributed by atoms with E-state index in [1.54, 1.807) is 0 Å². The van der Waals surface area contributed by atoms with Crippen molar-refractivity contribution < 1.29 is 4.42 Å². The van der Waals surface area contributed by atoms with Crippen molar-refractivity contribution in [1.29, 1.82) is 0 Å². The van der Waals surface area contributed by atoms with Crippen LogP contribution in [-0.2, 0) is 0 Å². The minimum absolute atomic E-state index is 0.864. The van der Waals surface area contributed by atoms with Crippen LogP contribution in [-0.4, -0.2) is 4.57 Å². The molecule has 0 radical (unpaired) electrons. The summed E-state index contributed by atoms with van der Waals surface area (Å²) >= 11 is 0. The zero-order valence-corrected chi connectivity index (χ0v) is 33.2. The van der Waals surface area contributed by atoms with Gasteiger partial charge in [-0.15, -0.1) is 0 Å². The van der Waals surface area contributed by atoms with E-state index in [4.69, 9.17) is 4.42 Å². The van der Waals surface area contributed by atoms with Gasteiger partial charge in [-0.2, -0.15) is 0 Å². The smallest absolute Gasteiger partial charge is 0.143 e. The lowest BCUT2D eigenvalue weighted by atomic mass is 9.96. The first-order chi connectivity index (χ1) is 30.3. The first-order valence-corrected chi connectivity index (χ1v) is 20.8. The molecular weight excluding hydrogens is 741 g/mol. The van der Waals surface area contributed by atoms with Crippen molar-refractivity contribution in [3.8, 4) is 39.1 Å². The molecule has 0 unspecified atom stereocenters. The highest BCUT2D eigenvalue weighted by molar-refractivity contribution is 6.22. The van der Waals surface area contributed by atoms with Crippen molar-refractivity contribution in [2.45, 2.75) is 0 Å². The number of furan rings is 1. The van der Waals surface area contributed by atoms with Gasteiger partial charge in [0.15, 0.2) is 0 Å². The maximum absolute atomic E-state index is 6.90. The highest BCUT2D eigenvalue weighted by Crippen LogP contribution is 2.47. The van der Waals surface area contributed by atoms with Crippen LogP contribution in [0, 0.1) is 0 Å². The van der Waals surface area contributed by atoms with Gasteiger partial charge in [-0.05, 0) is 94.0 Å². The highest BCUT2D eigenvalue weighted by atomic mass is 16.3. The van der Waals surface area contributed by atoms with Crippen molar-refractivity contribution >= 4 is 71.6 Å². The fourth-order valence-electron chi connectivity index (χ4n) is 9.36. The van der Waals surface area contributed by atoms with E-state index < -0.39 is 0 Å². The van der Waals surface area contributed by atoms with Gasteiger partial charge >= 0.3 is 0 Å². The third-order valence-corrected chi connectivity index (χ3v) is 12.2. The van der Waals surface area contributed by atoms with Crippen LogP contribution in [0.2, 0.25) is 0 Å². The van der Waals surface area contributed by atoms with Crippen LogP contribution in [0.25, 0.3) is 93.6 Å². The fourth-order valence-corrected chi connectivity index (χ4v) is 9.36. The number of hydrogen-bond acceptors (Lipinski definition) is 2. The second-order valence-corrected chi connectivity index (χ2v) is 15.7. The molecule has 0 spiro atoms. The van der Waals surface area contributed by atoms with Crippen LogP contribution in [0.5, 0.6) is 0 Å². The summed E-state index contributed by atoms with van der Waals surface area (Å²) in [4.78, 5) is 2.40. The van der Waals surface area contributed by atoms with Gasteiger partial charge in [-0.1, -0.05) is 170 Å². The standard InChI is InChI=1S/C58H38N2O/c1-3-15-39(16-4-1)41-29-33-44(34-30-41)59(45-35-31-42(32-36-45)40-17-5-2-6-18-40)55-38-52-57-47(25-14-28-56(57)61-58(52)51-24-8-7-23-50(51)55)43-19-13-20-46(37-43)60-53-26-11-9-21-48(53)49-22-10-12-27-54(49)60/h1-38H. The first-order valence-electron chi connectivity index (χ1n) is 20.8. The van der Waals surface area contributed by atoms with Crippen LogP contribution < -0.4 is 4.90 Å². The topological polar surface area (TPSA) is 21.3 Å². The van der Waals surface area contributed by atoms with Crippen LogP contribution in [0.1, 0.15) is 0 Å². The Labute approximate surface area is 353 Å². The molecule has 3 heteroatoms. The quantitative estimate of drug-likeness (QED) is 0.161. The zero-order chi connectivity index (χ0) is 40.3. The van der Waals surface area contributed by atoms with E-state index >= 15 is 0 Å². The molecule has 0 N–H and O–H groups in total. The van der Waals surface area contributed by atoms with Crippen molar-refractivity contribution in [2.75, 3.05) is 4.90 Å². The normalized spacial score (nSPS) is 11.6. The molecule has 2 heterocycles. The third-order valence-electron chi connectivity index (χ3n) is 12.2. The summed E-state index contributed by atoms with van der Waals surface area (Å²) in [6, 6.07) is 82.8. The van der Waals surface area contributed by atoms with Crippen molar-refractivity contribution in [1.82, 2.24) is 4.57 Å². The van der Waals surface area contributed by atoms with Crippen molar-refractivity contribution in [2.24, 2.45) is 0 Å². The Morgan fingerprint density at radius 2 is 0.836 bits per heavy atom. The summed E-state index contributed by atoms with van der Waals surface area (Å²) < 4.78 is 9.28. The van der Waals surface area contributed by atoms with Crippen molar-refractivity contribution in [3.63, 3.8) is 0 Å². The van der Waals surface area contributed by atoms with Gasteiger partial charge in [0, 0.05) is 49.4 Å². The Balaban J connectivity index is 1.07. The number of anilines is 3. The maximum Gasteiger partial charge on any atom is 0.143 e. The minimum atomic E-state index is 0.864. The lowest BCUT2D eigenvalue weighted by Crippen LogP contribution is -2.10. The molecule has 2 aromatic heterocycles. The van der Waals surface area contributed by atoms with E-state index in [-0.39, 0.29) is 0 Å². The maximum atomic E-state index is 6.90. The molecule has 0 atom stereocenters. The van der Waals surface area contributed by atoms with Gasteiger partial charge in [0.1, 0.15) is 11.2 Å². The Kier molecular flexibility index (Phi) is 8.17. The molecular formula is C58H38N2O. The number of rotatable bonds is 7. The molecule has 12 aromatic rings. The summed E-state index contributed by atoms with van der Waals surface area (Å²) in [6.07, 6.45) is 0. The molecule has 3 nitrogen and oxygen atoms in total. The highest BCUT2D eigenvalue weighted by Gasteiger charge is 2.22.